The average molecular weight is 330 g/mol. The molecule has 0 aliphatic carbocycles. The van der Waals surface area contributed by atoms with E-state index in [0.29, 0.717) is 24.1 Å². The van der Waals surface area contributed by atoms with Gasteiger partial charge in [-0.25, -0.2) is 0 Å². The van der Waals surface area contributed by atoms with E-state index < -0.39 is 0 Å². The fourth-order valence-corrected chi connectivity index (χ4v) is 1.79. The van der Waals surface area contributed by atoms with E-state index in [1.165, 1.54) is 14.2 Å². The second kappa shape index (κ2) is 7.72. The van der Waals surface area contributed by atoms with Crippen LogP contribution in [0.25, 0.3) is 0 Å². The maximum absolute atomic E-state index is 5.79. The van der Waals surface area contributed by atoms with Gasteiger partial charge in [-0.2, -0.15) is 20.2 Å². The largest absolute Gasteiger partial charge is 0.481 e. The van der Waals surface area contributed by atoms with Gasteiger partial charge in [0.1, 0.15) is 5.75 Å². The second-order valence-electron chi connectivity index (χ2n) is 6.02. The van der Waals surface area contributed by atoms with Crippen LogP contribution in [0.4, 0.5) is 0 Å². The highest BCUT2D eigenvalue weighted by atomic mass is 16.5. The van der Waals surface area contributed by atoms with Gasteiger partial charge in [0.15, 0.2) is 0 Å². The standard InChI is InChI=1S/C17H22N4O3/c1-17(2,3)21-18-11-12-8-6-7-9-13(12)24-16-19-14(22-4)10-15(20-16)23-5/h6-10H,11H2,1-5H3. The molecule has 1 heterocycles. The number of nitrogens with zero attached hydrogens (tertiary/aromatic N) is 4. The summed E-state index contributed by atoms with van der Waals surface area (Å²) in [6.07, 6.45) is 0. The summed E-state index contributed by atoms with van der Waals surface area (Å²) in [5.41, 5.74) is 0.676. The van der Waals surface area contributed by atoms with Gasteiger partial charge in [-0.15, -0.1) is 0 Å². The fraction of sp³-hybridized carbons (Fsp3) is 0.412. The molecule has 7 nitrogen and oxygen atoms in total. The lowest BCUT2D eigenvalue weighted by Gasteiger charge is -2.11. The number of rotatable bonds is 6. The number of benzene rings is 1. The molecular formula is C17H22N4O3. The van der Waals surface area contributed by atoms with Crippen molar-refractivity contribution in [2.24, 2.45) is 10.2 Å². The lowest BCUT2D eigenvalue weighted by atomic mass is 10.1. The van der Waals surface area contributed by atoms with Gasteiger partial charge in [-0.3, -0.25) is 0 Å². The first kappa shape index (κ1) is 17.7. The Morgan fingerprint density at radius 2 is 1.62 bits per heavy atom. The Kier molecular flexibility index (Phi) is 5.68. The first-order chi connectivity index (χ1) is 11.4. The summed E-state index contributed by atoms with van der Waals surface area (Å²) in [5.74, 6) is 1.34. The zero-order valence-electron chi connectivity index (χ0n) is 14.6. The lowest BCUT2D eigenvalue weighted by Crippen LogP contribution is -2.08. The summed E-state index contributed by atoms with van der Waals surface area (Å²) in [7, 11) is 3.04. The van der Waals surface area contributed by atoms with Crippen molar-refractivity contribution in [2.75, 3.05) is 14.2 Å². The smallest absolute Gasteiger partial charge is 0.328 e. The van der Waals surface area contributed by atoms with Crippen molar-refractivity contribution < 1.29 is 14.2 Å². The summed E-state index contributed by atoms with van der Waals surface area (Å²) in [4.78, 5) is 8.33. The van der Waals surface area contributed by atoms with E-state index in [1.807, 2.05) is 45.0 Å². The van der Waals surface area contributed by atoms with Crippen LogP contribution in [0.3, 0.4) is 0 Å². The molecule has 0 aliphatic rings. The zero-order valence-corrected chi connectivity index (χ0v) is 14.6. The summed E-state index contributed by atoms with van der Waals surface area (Å²) in [6, 6.07) is 9.27. The summed E-state index contributed by atoms with van der Waals surface area (Å²) >= 11 is 0. The van der Waals surface area contributed by atoms with Gasteiger partial charge in [0, 0.05) is 5.56 Å². The third-order valence-corrected chi connectivity index (χ3v) is 2.86. The molecule has 1 aromatic heterocycles. The zero-order chi connectivity index (χ0) is 17.6. The van der Waals surface area contributed by atoms with Crippen LogP contribution in [-0.2, 0) is 6.54 Å². The molecule has 2 aromatic rings. The summed E-state index contributed by atoms with van der Waals surface area (Å²) < 4.78 is 16.0. The third-order valence-electron chi connectivity index (χ3n) is 2.86. The topological polar surface area (TPSA) is 78.2 Å². The Morgan fingerprint density at radius 1 is 1.00 bits per heavy atom. The van der Waals surface area contributed by atoms with E-state index in [0.717, 1.165) is 5.56 Å². The number of hydrogen-bond acceptors (Lipinski definition) is 7. The van der Waals surface area contributed by atoms with Gasteiger partial charge in [-0.05, 0) is 26.8 Å². The van der Waals surface area contributed by atoms with Crippen LogP contribution < -0.4 is 14.2 Å². The quantitative estimate of drug-likeness (QED) is 0.747. The van der Waals surface area contributed by atoms with E-state index >= 15 is 0 Å². The van der Waals surface area contributed by atoms with Crippen LogP contribution >= 0.6 is 0 Å². The number of methoxy groups -OCH3 is 2. The first-order valence-corrected chi connectivity index (χ1v) is 7.53. The van der Waals surface area contributed by atoms with Crippen LogP contribution in [0.5, 0.6) is 23.5 Å². The third kappa shape index (κ3) is 5.19. The van der Waals surface area contributed by atoms with Crippen molar-refractivity contribution in [3.05, 3.63) is 35.9 Å². The number of aromatic nitrogens is 2. The molecule has 0 saturated carbocycles. The molecule has 0 atom stereocenters. The Bertz CT molecular complexity index is 689. The van der Waals surface area contributed by atoms with Gasteiger partial charge in [0.05, 0.1) is 32.4 Å². The number of ether oxygens (including phenoxy) is 3. The predicted molar refractivity (Wildman–Crippen MR) is 90.0 cm³/mol. The Labute approximate surface area is 141 Å². The van der Waals surface area contributed by atoms with Gasteiger partial charge in [0.25, 0.3) is 0 Å². The Balaban J connectivity index is 2.23. The number of para-hydroxylation sites is 1. The van der Waals surface area contributed by atoms with Crippen molar-refractivity contribution in [1.82, 2.24) is 9.97 Å². The first-order valence-electron chi connectivity index (χ1n) is 7.53. The highest BCUT2D eigenvalue weighted by Crippen LogP contribution is 2.27. The van der Waals surface area contributed by atoms with Crippen molar-refractivity contribution in [2.45, 2.75) is 32.9 Å². The molecule has 128 valence electrons. The second-order valence-corrected chi connectivity index (χ2v) is 6.02. The lowest BCUT2D eigenvalue weighted by molar-refractivity contribution is 0.347. The molecule has 0 N–H and O–H groups in total. The van der Waals surface area contributed by atoms with Gasteiger partial charge < -0.3 is 14.2 Å². The molecule has 0 amide bonds. The predicted octanol–water partition coefficient (Wildman–Crippen LogP) is 4.04. The average Bonchev–Trinajstić information content (AvgIpc) is 2.55. The Morgan fingerprint density at radius 3 is 2.21 bits per heavy atom. The van der Waals surface area contributed by atoms with Gasteiger partial charge >= 0.3 is 6.01 Å². The maximum Gasteiger partial charge on any atom is 0.328 e. The normalized spacial score (nSPS) is 11.5. The summed E-state index contributed by atoms with van der Waals surface area (Å²) in [5, 5.41) is 8.49. The SMILES string of the molecule is COc1cc(OC)nc(Oc2ccccc2CN=NC(C)(C)C)n1. The molecule has 0 bridgehead atoms. The molecule has 0 aliphatic heterocycles. The maximum atomic E-state index is 5.79. The van der Waals surface area contributed by atoms with E-state index in [-0.39, 0.29) is 11.5 Å². The molecule has 0 unspecified atom stereocenters. The monoisotopic (exact) mass is 330 g/mol. The molecule has 0 fully saturated rings. The van der Waals surface area contributed by atoms with Gasteiger partial charge in [-0.1, -0.05) is 18.2 Å². The minimum atomic E-state index is -0.209. The minimum absolute atomic E-state index is 0.145. The van der Waals surface area contributed by atoms with E-state index in [4.69, 9.17) is 14.2 Å². The summed E-state index contributed by atoms with van der Waals surface area (Å²) in [6.45, 7) is 6.40. The molecule has 1 aromatic carbocycles. The molecule has 7 heteroatoms. The Hall–Kier alpha value is -2.70. The van der Waals surface area contributed by atoms with Crippen LogP contribution in [0, 0.1) is 0 Å². The minimum Gasteiger partial charge on any atom is -0.481 e. The fourth-order valence-electron chi connectivity index (χ4n) is 1.79. The van der Waals surface area contributed by atoms with Crippen LogP contribution in [-0.4, -0.2) is 29.7 Å². The van der Waals surface area contributed by atoms with E-state index in [1.54, 1.807) is 6.07 Å². The molecule has 0 radical (unpaired) electrons. The van der Waals surface area contributed by atoms with Crippen molar-refractivity contribution in [1.29, 1.82) is 0 Å². The van der Waals surface area contributed by atoms with Crippen LogP contribution in [0.15, 0.2) is 40.6 Å². The number of hydrogen-bond donors (Lipinski definition) is 0. The van der Waals surface area contributed by atoms with Crippen molar-refractivity contribution in [3.63, 3.8) is 0 Å². The highest BCUT2D eigenvalue weighted by molar-refractivity contribution is 5.36. The highest BCUT2D eigenvalue weighted by Gasteiger charge is 2.11. The van der Waals surface area contributed by atoms with Crippen LogP contribution in [0.2, 0.25) is 0 Å². The van der Waals surface area contributed by atoms with Gasteiger partial charge in [0.2, 0.25) is 11.8 Å². The molecular weight excluding hydrogens is 308 g/mol. The number of azo groups is 1. The molecule has 24 heavy (non-hydrogen) atoms. The van der Waals surface area contributed by atoms with E-state index in [9.17, 15) is 0 Å². The van der Waals surface area contributed by atoms with E-state index in [2.05, 4.69) is 20.2 Å². The molecule has 0 spiro atoms. The van der Waals surface area contributed by atoms with Crippen molar-refractivity contribution >= 4 is 0 Å². The van der Waals surface area contributed by atoms with Crippen molar-refractivity contribution in [3.8, 4) is 23.5 Å². The molecule has 2 rings (SSSR count). The van der Waals surface area contributed by atoms with Crippen LogP contribution in [0.1, 0.15) is 26.3 Å². The molecule has 0 saturated heterocycles.